The lowest BCUT2D eigenvalue weighted by molar-refractivity contribution is -0.138. The van der Waals surface area contributed by atoms with E-state index in [1.165, 1.54) is 0 Å². The van der Waals surface area contributed by atoms with Crippen LogP contribution in [0.2, 0.25) is 0 Å². The number of rotatable bonds is 6. The first kappa shape index (κ1) is 14.3. The Labute approximate surface area is 120 Å². The molecule has 0 aliphatic carbocycles. The van der Waals surface area contributed by atoms with Crippen molar-refractivity contribution in [2.75, 3.05) is 13.1 Å². The minimum Gasteiger partial charge on any atom is -0.480 e. The lowest BCUT2D eigenvalue weighted by atomic mass is 10.3. The molecule has 6 heteroatoms. The lowest BCUT2D eigenvalue weighted by Gasteiger charge is -2.15. The first-order valence-corrected chi connectivity index (χ1v) is 6.86. The van der Waals surface area contributed by atoms with Crippen LogP contribution < -0.4 is 0 Å². The standard InChI is InChI=1S/C14H14N2O3S/c1-3-6-16(9-13(17)18)8-11-10(2)19-14(15-11)12-5-4-7-20-12/h1,4-5,7H,6,8-9H2,2H3,(H,17,18). The van der Waals surface area contributed by atoms with Gasteiger partial charge in [-0.05, 0) is 18.4 Å². The smallest absolute Gasteiger partial charge is 0.317 e. The molecule has 2 rings (SSSR count). The maximum atomic E-state index is 10.8. The number of hydrogen-bond donors (Lipinski definition) is 1. The van der Waals surface area contributed by atoms with Crippen LogP contribution in [0.25, 0.3) is 10.8 Å². The van der Waals surface area contributed by atoms with Crippen molar-refractivity contribution < 1.29 is 14.3 Å². The Morgan fingerprint density at radius 2 is 2.45 bits per heavy atom. The van der Waals surface area contributed by atoms with Crippen molar-refractivity contribution >= 4 is 17.3 Å². The lowest BCUT2D eigenvalue weighted by Crippen LogP contribution is -2.30. The molecule has 0 fully saturated rings. The zero-order valence-electron chi connectivity index (χ0n) is 11.0. The topological polar surface area (TPSA) is 66.6 Å². The van der Waals surface area contributed by atoms with Gasteiger partial charge in [0, 0.05) is 6.54 Å². The second-order valence-corrected chi connectivity index (χ2v) is 5.19. The molecule has 0 aliphatic heterocycles. The van der Waals surface area contributed by atoms with Crippen molar-refractivity contribution in [3.05, 3.63) is 29.0 Å². The van der Waals surface area contributed by atoms with Crippen molar-refractivity contribution in [2.24, 2.45) is 0 Å². The molecule has 0 saturated carbocycles. The largest absolute Gasteiger partial charge is 0.480 e. The van der Waals surface area contributed by atoms with Crippen LogP contribution in [0.15, 0.2) is 21.9 Å². The number of nitrogens with zero attached hydrogens (tertiary/aromatic N) is 2. The number of thiophene rings is 1. The third-order valence-electron chi connectivity index (χ3n) is 2.67. The van der Waals surface area contributed by atoms with Crippen LogP contribution in [0.4, 0.5) is 0 Å². The molecule has 0 saturated heterocycles. The van der Waals surface area contributed by atoms with Crippen molar-refractivity contribution in [1.82, 2.24) is 9.88 Å². The first-order chi connectivity index (χ1) is 9.60. The van der Waals surface area contributed by atoms with Crippen LogP contribution in [0.1, 0.15) is 11.5 Å². The Morgan fingerprint density at radius 3 is 3.05 bits per heavy atom. The summed E-state index contributed by atoms with van der Waals surface area (Å²) in [5.74, 6) is 2.78. The molecule has 0 aromatic carbocycles. The molecule has 1 N–H and O–H groups in total. The number of carboxylic acid groups (broad SMARTS) is 1. The summed E-state index contributed by atoms with van der Waals surface area (Å²) in [5.41, 5.74) is 0.713. The van der Waals surface area contributed by atoms with Gasteiger partial charge in [-0.25, -0.2) is 4.98 Å². The van der Waals surface area contributed by atoms with E-state index in [9.17, 15) is 4.79 Å². The van der Waals surface area contributed by atoms with Crippen LogP contribution in [-0.2, 0) is 11.3 Å². The maximum Gasteiger partial charge on any atom is 0.317 e. The highest BCUT2D eigenvalue weighted by Gasteiger charge is 2.16. The minimum atomic E-state index is -0.917. The van der Waals surface area contributed by atoms with Crippen molar-refractivity contribution in [3.8, 4) is 23.1 Å². The predicted octanol–water partition coefficient (Wildman–Crippen LogP) is 2.23. The fourth-order valence-electron chi connectivity index (χ4n) is 1.78. The summed E-state index contributed by atoms with van der Waals surface area (Å²) in [6.45, 7) is 2.31. The zero-order chi connectivity index (χ0) is 14.5. The normalized spacial score (nSPS) is 10.7. The van der Waals surface area contributed by atoms with Gasteiger partial charge in [-0.1, -0.05) is 12.0 Å². The summed E-state index contributed by atoms with van der Waals surface area (Å²) in [6, 6.07) is 3.85. The van der Waals surface area contributed by atoms with E-state index >= 15 is 0 Å². The fourth-order valence-corrected chi connectivity index (χ4v) is 2.43. The Bertz CT molecular complexity index is 625. The van der Waals surface area contributed by atoms with Crippen molar-refractivity contribution in [3.63, 3.8) is 0 Å². The van der Waals surface area contributed by atoms with E-state index in [1.54, 1.807) is 16.2 Å². The number of aromatic nitrogens is 1. The monoisotopic (exact) mass is 290 g/mol. The molecule has 0 spiro atoms. The molecular weight excluding hydrogens is 276 g/mol. The quantitative estimate of drug-likeness (QED) is 0.826. The highest BCUT2D eigenvalue weighted by molar-refractivity contribution is 7.13. The Kier molecular flexibility index (Phi) is 4.56. The number of aliphatic carboxylic acids is 1. The molecule has 0 aliphatic rings. The molecule has 2 heterocycles. The summed E-state index contributed by atoms with van der Waals surface area (Å²) < 4.78 is 5.62. The molecule has 2 aromatic rings. The molecule has 2 aromatic heterocycles. The number of aryl methyl sites for hydroxylation is 1. The van der Waals surface area contributed by atoms with Gasteiger partial charge >= 0.3 is 5.97 Å². The Balaban J connectivity index is 2.16. The first-order valence-electron chi connectivity index (χ1n) is 5.98. The maximum absolute atomic E-state index is 10.8. The number of hydrogen-bond acceptors (Lipinski definition) is 5. The molecule has 20 heavy (non-hydrogen) atoms. The van der Waals surface area contributed by atoms with Gasteiger partial charge in [0.1, 0.15) is 5.76 Å². The molecule has 104 valence electrons. The van der Waals surface area contributed by atoms with Crippen LogP contribution in [0.3, 0.4) is 0 Å². The predicted molar refractivity (Wildman–Crippen MR) is 76.3 cm³/mol. The average molecular weight is 290 g/mol. The van der Waals surface area contributed by atoms with Gasteiger partial charge < -0.3 is 9.52 Å². The van der Waals surface area contributed by atoms with E-state index in [0.717, 1.165) is 4.88 Å². The van der Waals surface area contributed by atoms with Crippen LogP contribution in [0.5, 0.6) is 0 Å². The second-order valence-electron chi connectivity index (χ2n) is 4.24. The van der Waals surface area contributed by atoms with E-state index in [4.69, 9.17) is 15.9 Å². The highest BCUT2D eigenvalue weighted by atomic mass is 32.1. The zero-order valence-corrected chi connectivity index (χ0v) is 11.8. The minimum absolute atomic E-state index is 0.120. The van der Waals surface area contributed by atoms with Gasteiger partial charge in [-0.15, -0.1) is 17.8 Å². The molecule has 0 unspecified atom stereocenters. The van der Waals surface area contributed by atoms with E-state index in [1.807, 2.05) is 24.4 Å². The summed E-state index contributed by atoms with van der Waals surface area (Å²) in [4.78, 5) is 17.8. The number of carboxylic acids is 1. The van der Waals surface area contributed by atoms with Crippen LogP contribution >= 0.6 is 11.3 Å². The summed E-state index contributed by atoms with van der Waals surface area (Å²) >= 11 is 1.54. The van der Waals surface area contributed by atoms with Gasteiger partial charge in [0.05, 0.1) is 23.7 Å². The number of terminal acetylenes is 1. The van der Waals surface area contributed by atoms with Gasteiger partial charge in [0.25, 0.3) is 0 Å². The van der Waals surface area contributed by atoms with Gasteiger partial charge in [-0.3, -0.25) is 9.69 Å². The summed E-state index contributed by atoms with van der Waals surface area (Å²) in [6.07, 6.45) is 5.25. The second kappa shape index (κ2) is 6.37. The number of oxazole rings is 1. The third-order valence-corrected chi connectivity index (χ3v) is 3.53. The molecule has 0 radical (unpaired) electrons. The van der Waals surface area contributed by atoms with Gasteiger partial charge in [0.2, 0.25) is 5.89 Å². The molecule has 0 bridgehead atoms. The third kappa shape index (κ3) is 3.47. The molecular formula is C14H14N2O3S. The van der Waals surface area contributed by atoms with E-state index in [2.05, 4.69) is 10.9 Å². The Hall–Kier alpha value is -2.10. The Morgan fingerprint density at radius 1 is 1.65 bits per heavy atom. The van der Waals surface area contributed by atoms with E-state index in [0.29, 0.717) is 23.9 Å². The fraction of sp³-hybridized carbons (Fsp3) is 0.286. The van der Waals surface area contributed by atoms with Gasteiger partial charge in [-0.2, -0.15) is 0 Å². The SMILES string of the molecule is C#CCN(CC(=O)O)Cc1nc(-c2cccs2)oc1C. The molecule has 0 amide bonds. The van der Waals surface area contributed by atoms with Crippen LogP contribution in [-0.4, -0.2) is 34.0 Å². The van der Waals surface area contributed by atoms with E-state index < -0.39 is 5.97 Å². The highest BCUT2D eigenvalue weighted by Crippen LogP contribution is 2.26. The summed E-state index contributed by atoms with van der Waals surface area (Å²) in [5, 5.41) is 10.8. The van der Waals surface area contributed by atoms with Gasteiger partial charge in [0.15, 0.2) is 0 Å². The summed E-state index contributed by atoms with van der Waals surface area (Å²) in [7, 11) is 0. The van der Waals surface area contributed by atoms with Crippen molar-refractivity contribution in [2.45, 2.75) is 13.5 Å². The molecule has 5 nitrogen and oxygen atoms in total. The molecule has 0 atom stereocenters. The van der Waals surface area contributed by atoms with Crippen LogP contribution in [0, 0.1) is 19.3 Å². The van der Waals surface area contributed by atoms with E-state index in [-0.39, 0.29) is 13.1 Å². The number of carbonyl (C=O) groups is 1. The van der Waals surface area contributed by atoms with Crippen molar-refractivity contribution in [1.29, 1.82) is 0 Å². The average Bonchev–Trinajstić information content (AvgIpc) is 2.99.